The van der Waals surface area contributed by atoms with Crippen LogP contribution >= 0.6 is 11.3 Å². The smallest absolute Gasteiger partial charge is 0.187 e. The minimum atomic E-state index is -0.133. The first-order valence-corrected chi connectivity index (χ1v) is 13.4. The van der Waals surface area contributed by atoms with Crippen LogP contribution < -0.4 is 10.2 Å². The van der Waals surface area contributed by atoms with Crippen molar-refractivity contribution in [3.63, 3.8) is 0 Å². The van der Waals surface area contributed by atoms with E-state index in [-0.39, 0.29) is 5.60 Å². The summed E-state index contributed by atoms with van der Waals surface area (Å²) in [5.41, 5.74) is 7.87. The molecular weight excluding hydrogens is 458 g/mol. The number of aromatic amines is 1. The fourth-order valence-electron chi connectivity index (χ4n) is 4.98. The molecule has 0 amide bonds. The standard InChI is InChI=1S/C26H37N7OS/c1-15(2)20-21(19-12-33-23(28-14-29-33)17(4)16(19)3)30-24-22(20)31-25(35-24)32-10-8-18(9-11-32)27-13-26(5,6)34-7/h12,14-15,18,27,30H,8-11,13H2,1-7H3. The van der Waals surface area contributed by atoms with Gasteiger partial charge < -0.3 is 19.9 Å². The van der Waals surface area contributed by atoms with Crippen molar-refractivity contribution in [2.75, 3.05) is 31.6 Å². The van der Waals surface area contributed by atoms with Gasteiger partial charge in [-0.15, -0.1) is 0 Å². The number of hydrogen-bond acceptors (Lipinski definition) is 7. The largest absolute Gasteiger partial charge is 0.377 e. The van der Waals surface area contributed by atoms with E-state index in [2.05, 4.69) is 73.0 Å². The van der Waals surface area contributed by atoms with Crippen molar-refractivity contribution in [2.24, 2.45) is 0 Å². The zero-order chi connectivity index (χ0) is 24.9. The molecule has 0 aromatic carbocycles. The molecule has 1 aliphatic heterocycles. The van der Waals surface area contributed by atoms with Crippen LogP contribution in [-0.4, -0.2) is 63.0 Å². The Morgan fingerprint density at radius 2 is 1.97 bits per heavy atom. The number of H-pyrrole nitrogens is 1. The van der Waals surface area contributed by atoms with Gasteiger partial charge in [-0.05, 0) is 57.6 Å². The van der Waals surface area contributed by atoms with Crippen molar-refractivity contribution >= 4 is 32.5 Å². The Labute approximate surface area is 211 Å². The first kappa shape index (κ1) is 24.2. The molecule has 35 heavy (non-hydrogen) atoms. The summed E-state index contributed by atoms with van der Waals surface area (Å²) in [6.07, 6.45) is 5.95. The fraction of sp³-hybridized carbons (Fsp3) is 0.577. The minimum Gasteiger partial charge on any atom is -0.377 e. The number of rotatable bonds is 7. The number of ether oxygens (including phenoxy) is 1. The molecule has 188 valence electrons. The van der Waals surface area contributed by atoms with E-state index in [4.69, 9.17) is 9.72 Å². The van der Waals surface area contributed by atoms with Gasteiger partial charge >= 0.3 is 0 Å². The third kappa shape index (κ3) is 4.45. The van der Waals surface area contributed by atoms with Crippen molar-refractivity contribution in [1.29, 1.82) is 0 Å². The zero-order valence-electron chi connectivity index (χ0n) is 21.9. The van der Waals surface area contributed by atoms with E-state index in [9.17, 15) is 0 Å². The molecule has 2 N–H and O–H groups in total. The van der Waals surface area contributed by atoms with Crippen LogP contribution in [0.25, 0.3) is 27.3 Å². The first-order valence-electron chi connectivity index (χ1n) is 12.5. The highest BCUT2D eigenvalue weighted by Gasteiger charge is 2.27. The highest BCUT2D eigenvalue weighted by molar-refractivity contribution is 7.21. The lowest BCUT2D eigenvalue weighted by Crippen LogP contribution is -2.47. The molecule has 0 unspecified atom stereocenters. The molecular formula is C26H37N7OS. The van der Waals surface area contributed by atoms with E-state index in [0.717, 1.165) is 64.9 Å². The van der Waals surface area contributed by atoms with Crippen molar-refractivity contribution in [1.82, 2.24) is 29.9 Å². The summed E-state index contributed by atoms with van der Waals surface area (Å²) >= 11 is 1.77. The van der Waals surface area contributed by atoms with Crippen molar-refractivity contribution < 1.29 is 4.74 Å². The van der Waals surface area contributed by atoms with Crippen LogP contribution in [0.15, 0.2) is 12.5 Å². The van der Waals surface area contributed by atoms with Gasteiger partial charge in [0.1, 0.15) is 16.7 Å². The molecule has 1 saturated heterocycles. The lowest BCUT2D eigenvalue weighted by atomic mass is 9.96. The SMILES string of the molecule is COC(C)(C)CNC1CCN(c2nc3c(C(C)C)c(-c4cn5ncnc5c(C)c4C)[nH]c3s2)CC1. The third-order valence-corrected chi connectivity index (χ3v) is 8.52. The molecule has 0 radical (unpaired) electrons. The molecule has 1 fully saturated rings. The molecule has 0 atom stereocenters. The first-order chi connectivity index (χ1) is 16.7. The Hall–Kier alpha value is -2.49. The molecule has 4 aromatic heterocycles. The maximum Gasteiger partial charge on any atom is 0.187 e. The van der Waals surface area contributed by atoms with Gasteiger partial charge in [0.05, 0.1) is 11.3 Å². The van der Waals surface area contributed by atoms with E-state index in [1.807, 2.05) is 4.52 Å². The van der Waals surface area contributed by atoms with Gasteiger partial charge in [0.2, 0.25) is 0 Å². The number of nitrogens with one attached hydrogen (secondary N) is 2. The number of thiazole rings is 1. The van der Waals surface area contributed by atoms with Gasteiger partial charge in [0, 0.05) is 50.1 Å². The number of methoxy groups -OCH3 is 1. The predicted molar refractivity (Wildman–Crippen MR) is 144 cm³/mol. The number of aromatic nitrogens is 5. The van der Waals surface area contributed by atoms with Gasteiger partial charge in [0.25, 0.3) is 0 Å². The van der Waals surface area contributed by atoms with Crippen LogP contribution in [0.3, 0.4) is 0 Å². The Bertz CT molecular complexity index is 1340. The van der Waals surface area contributed by atoms with Crippen LogP contribution in [0.4, 0.5) is 5.13 Å². The Morgan fingerprint density at radius 3 is 2.66 bits per heavy atom. The van der Waals surface area contributed by atoms with E-state index in [1.54, 1.807) is 24.8 Å². The zero-order valence-corrected chi connectivity index (χ0v) is 22.7. The summed E-state index contributed by atoms with van der Waals surface area (Å²) in [4.78, 5) is 16.9. The number of anilines is 1. The summed E-state index contributed by atoms with van der Waals surface area (Å²) in [6, 6.07) is 0.529. The van der Waals surface area contributed by atoms with Crippen LogP contribution in [0.2, 0.25) is 0 Å². The summed E-state index contributed by atoms with van der Waals surface area (Å²) < 4.78 is 7.43. The summed E-state index contributed by atoms with van der Waals surface area (Å²) in [5.74, 6) is 0.346. The number of aryl methyl sites for hydroxylation is 1. The van der Waals surface area contributed by atoms with E-state index < -0.39 is 0 Å². The molecule has 4 aromatic rings. The Morgan fingerprint density at radius 1 is 1.23 bits per heavy atom. The second-order valence-electron chi connectivity index (χ2n) is 10.7. The lowest BCUT2D eigenvalue weighted by molar-refractivity contribution is 0.0204. The minimum absolute atomic E-state index is 0.133. The highest BCUT2D eigenvalue weighted by atomic mass is 32.1. The molecule has 8 nitrogen and oxygen atoms in total. The monoisotopic (exact) mass is 495 g/mol. The summed E-state index contributed by atoms with van der Waals surface area (Å²) in [5, 5.41) is 9.21. The number of pyridine rings is 1. The number of fused-ring (bicyclic) bond motifs is 2. The van der Waals surface area contributed by atoms with Crippen molar-refractivity contribution in [3.05, 3.63) is 29.2 Å². The number of hydrogen-bond donors (Lipinski definition) is 2. The van der Waals surface area contributed by atoms with Gasteiger partial charge in [-0.1, -0.05) is 25.2 Å². The molecule has 5 rings (SSSR count). The molecule has 0 spiro atoms. The average Bonchev–Trinajstić information content (AvgIpc) is 3.54. The van der Waals surface area contributed by atoms with Crippen LogP contribution in [0.1, 0.15) is 63.1 Å². The van der Waals surface area contributed by atoms with Crippen molar-refractivity contribution in [3.8, 4) is 11.3 Å². The molecule has 5 heterocycles. The van der Waals surface area contributed by atoms with Gasteiger partial charge in [0.15, 0.2) is 10.8 Å². The van der Waals surface area contributed by atoms with Crippen molar-refractivity contribution in [2.45, 2.75) is 71.9 Å². The molecule has 0 aliphatic carbocycles. The molecule has 0 saturated carbocycles. The van der Waals surface area contributed by atoms with E-state index in [0.29, 0.717) is 12.0 Å². The Kier molecular flexibility index (Phi) is 6.35. The van der Waals surface area contributed by atoms with E-state index >= 15 is 0 Å². The Balaban J connectivity index is 1.40. The second-order valence-corrected chi connectivity index (χ2v) is 11.6. The van der Waals surface area contributed by atoms with Gasteiger partial charge in [-0.2, -0.15) is 5.10 Å². The van der Waals surface area contributed by atoms with Crippen LogP contribution in [0, 0.1) is 13.8 Å². The number of nitrogens with zero attached hydrogens (tertiary/aromatic N) is 5. The van der Waals surface area contributed by atoms with Crippen LogP contribution in [0.5, 0.6) is 0 Å². The van der Waals surface area contributed by atoms with Gasteiger partial charge in [-0.3, -0.25) is 0 Å². The van der Waals surface area contributed by atoms with Crippen LogP contribution in [-0.2, 0) is 4.74 Å². The molecule has 0 bridgehead atoms. The maximum atomic E-state index is 5.55. The summed E-state index contributed by atoms with van der Waals surface area (Å²) in [6.45, 7) is 15.9. The molecule has 9 heteroatoms. The quantitative estimate of drug-likeness (QED) is 0.373. The topological polar surface area (TPSA) is 83.4 Å². The summed E-state index contributed by atoms with van der Waals surface area (Å²) in [7, 11) is 1.78. The number of piperidine rings is 1. The van der Waals surface area contributed by atoms with E-state index in [1.165, 1.54) is 16.7 Å². The second kappa shape index (κ2) is 9.19. The highest BCUT2D eigenvalue weighted by Crippen LogP contribution is 2.41. The maximum absolute atomic E-state index is 5.55. The lowest BCUT2D eigenvalue weighted by Gasteiger charge is -2.34. The van der Waals surface area contributed by atoms with Gasteiger partial charge in [-0.25, -0.2) is 14.5 Å². The normalized spacial score (nSPS) is 15.8. The predicted octanol–water partition coefficient (Wildman–Crippen LogP) is 5.06. The average molecular weight is 496 g/mol. The molecule has 1 aliphatic rings. The fourth-order valence-corrected chi connectivity index (χ4v) is 6.01. The third-order valence-electron chi connectivity index (χ3n) is 7.49.